The lowest BCUT2D eigenvalue weighted by Gasteiger charge is -2.38. The van der Waals surface area contributed by atoms with Gasteiger partial charge in [0.05, 0.1) is 12.1 Å². The molecule has 30 heavy (non-hydrogen) atoms. The van der Waals surface area contributed by atoms with Gasteiger partial charge in [-0.15, -0.1) is 0 Å². The lowest BCUT2D eigenvalue weighted by atomic mass is 10.0. The molecule has 1 N–H and O–H groups in total. The second-order valence-electron chi connectivity index (χ2n) is 7.78. The second-order valence-corrected chi connectivity index (χ2v) is 7.78. The summed E-state index contributed by atoms with van der Waals surface area (Å²) in [6.45, 7) is 3.23. The van der Waals surface area contributed by atoms with Crippen LogP contribution in [0.15, 0.2) is 60.7 Å². The quantitative estimate of drug-likeness (QED) is 0.707. The Bertz CT molecular complexity index is 771. The van der Waals surface area contributed by atoms with Crippen LogP contribution in [0.3, 0.4) is 0 Å². The molecule has 1 heterocycles. The zero-order valence-corrected chi connectivity index (χ0v) is 18.0. The molecule has 1 aliphatic heterocycles. The van der Waals surface area contributed by atoms with Gasteiger partial charge >= 0.3 is 6.09 Å². The Morgan fingerprint density at radius 3 is 2.47 bits per heavy atom. The Kier molecular flexibility index (Phi) is 8.25. The minimum absolute atomic E-state index is 0.0458. The van der Waals surface area contributed by atoms with E-state index in [4.69, 9.17) is 14.2 Å². The van der Waals surface area contributed by atoms with Crippen LogP contribution in [0.25, 0.3) is 0 Å². The lowest BCUT2D eigenvalue weighted by molar-refractivity contribution is -0.197. The number of benzene rings is 2. The van der Waals surface area contributed by atoms with Crippen molar-refractivity contribution in [3.63, 3.8) is 0 Å². The molecule has 3 rings (SSSR count). The number of alkyl carbamates (subject to hydrolysis) is 1. The summed E-state index contributed by atoms with van der Waals surface area (Å²) >= 11 is 0. The topological polar surface area (TPSA) is 60.0 Å². The van der Waals surface area contributed by atoms with E-state index in [2.05, 4.69) is 48.5 Å². The predicted molar refractivity (Wildman–Crippen MR) is 116 cm³/mol. The molecular weight excluding hydrogens is 380 g/mol. The molecule has 4 atom stereocenters. The Labute approximate surface area is 179 Å². The molecule has 0 aliphatic carbocycles. The van der Waals surface area contributed by atoms with E-state index in [1.54, 1.807) is 7.11 Å². The van der Waals surface area contributed by atoms with Gasteiger partial charge in [-0.25, -0.2) is 4.79 Å². The summed E-state index contributed by atoms with van der Waals surface area (Å²) in [6.07, 6.45) is 0.715. The molecule has 6 nitrogen and oxygen atoms in total. The van der Waals surface area contributed by atoms with Crippen LogP contribution in [0.4, 0.5) is 4.79 Å². The van der Waals surface area contributed by atoms with E-state index in [1.165, 1.54) is 5.56 Å². The number of ether oxygens (including phenoxy) is 3. The summed E-state index contributed by atoms with van der Waals surface area (Å²) in [5, 5.41) is 2.89. The fourth-order valence-electron chi connectivity index (χ4n) is 3.73. The molecule has 1 amide bonds. The molecule has 0 unspecified atom stereocenters. The van der Waals surface area contributed by atoms with E-state index in [9.17, 15) is 4.79 Å². The van der Waals surface area contributed by atoms with Gasteiger partial charge in [0.2, 0.25) is 0 Å². The van der Waals surface area contributed by atoms with Crippen molar-refractivity contribution in [2.45, 2.75) is 50.8 Å². The summed E-state index contributed by atoms with van der Waals surface area (Å²) < 4.78 is 17.0. The summed E-state index contributed by atoms with van der Waals surface area (Å²) in [4.78, 5) is 14.5. The minimum Gasteiger partial charge on any atom is -0.445 e. The van der Waals surface area contributed by atoms with Crippen LogP contribution in [0.5, 0.6) is 0 Å². The highest BCUT2D eigenvalue weighted by Crippen LogP contribution is 2.24. The second kappa shape index (κ2) is 11.1. The van der Waals surface area contributed by atoms with E-state index >= 15 is 0 Å². The number of likely N-dealkylation sites (N-methyl/N-ethyl adjacent to an activating group) is 1. The highest BCUT2D eigenvalue weighted by Gasteiger charge is 2.33. The molecule has 2 aromatic rings. The third-order valence-electron chi connectivity index (χ3n) is 5.64. The van der Waals surface area contributed by atoms with Gasteiger partial charge in [0.15, 0.2) is 6.29 Å². The van der Waals surface area contributed by atoms with Gasteiger partial charge in [0.25, 0.3) is 0 Å². The first-order chi connectivity index (χ1) is 14.6. The number of nitrogens with zero attached hydrogens (tertiary/aromatic N) is 1. The van der Waals surface area contributed by atoms with Crippen molar-refractivity contribution in [3.8, 4) is 0 Å². The van der Waals surface area contributed by atoms with Crippen molar-refractivity contribution in [3.05, 3.63) is 71.8 Å². The van der Waals surface area contributed by atoms with Crippen LogP contribution in [0, 0.1) is 0 Å². The van der Waals surface area contributed by atoms with Gasteiger partial charge in [-0.05, 0) is 37.9 Å². The maximum atomic E-state index is 12.2. The summed E-state index contributed by atoms with van der Waals surface area (Å²) in [7, 11) is 3.71. The maximum Gasteiger partial charge on any atom is 0.407 e. The van der Waals surface area contributed by atoms with Gasteiger partial charge in [0.1, 0.15) is 6.61 Å². The molecular formula is C24H32N2O4. The van der Waals surface area contributed by atoms with Crippen LogP contribution in [0.1, 0.15) is 36.9 Å². The zero-order chi connectivity index (χ0) is 21.3. The number of carbonyl (C=O) groups excluding carboxylic acids is 1. The van der Waals surface area contributed by atoms with E-state index in [0.717, 1.165) is 24.9 Å². The first-order valence-electron chi connectivity index (χ1n) is 10.5. The van der Waals surface area contributed by atoms with Crippen LogP contribution in [-0.2, 0) is 20.8 Å². The number of hydrogen-bond donors (Lipinski definition) is 1. The molecule has 2 aromatic carbocycles. The lowest BCUT2D eigenvalue weighted by Crippen LogP contribution is -2.52. The Morgan fingerprint density at radius 1 is 1.13 bits per heavy atom. The molecule has 1 saturated heterocycles. The third-order valence-corrected chi connectivity index (χ3v) is 5.64. The average Bonchev–Trinajstić information content (AvgIpc) is 2.79. The van der Waals surface area contributed by atoms with Crippen LogP contribution < -0.4 is 5.32 Å². The third kappa shape index (κ3) is 6.29. The van der Waals surface area contributed by atoms with Crippen molar-refractivity contribution in [1.82, 2.24) is 10.2 Å². The SMILES string of the molecule is CO[C@@H]1O[C@@H](CN(C)[C@@H](C)c2ccccc2)CC[C@@H]1NC(=O)OCc1ccccc1. The van der Waals surface area contributed by atoms with Crippen molar-refractivity contribution in [2.75, 3.05) is 20.7 Å². The molecule has 162 valence electrons. The highest BCUT2D eigenvalue weighted by molar-refractivity contribution is 5.67. The normalized spacial score (nSPS) is 22.5. The molecule has 0 saturated carbocycles. The fourth-order valence-corrected chi connectivity index (χ4v) is 3.73. The van der Waals surface area contributed by atoms with Gasteiger partial charge in [-0.3, -0.25) is 4.90 Å². The molecule has 6 heteroatoms. The number of hydrogen-bond acceptors (Lipinski definition) is 5. The number of carbonyl (C=O) groups is 1. The predicted octanol–water partition coefficient (Wildman–Crippen LogP) is 4.13. The first-order valence-corrected chi connectivity index (χ1v) is 10.5. The molecule has 0 radical (unpaired) electrons. The van der Waals surface area contributed by atoms with Gasteiger partial charge in [-0.2, -0.15) is 0 Å². The molecule has 0 spiro atoms. The molecule has 0 aromatic heterocycles. The maximum absolute atomic E-state index is 12.2. The molecule has 0 bridgehead atoms. The number of nitrogens with one attached hydrogen (secondary N) is 1. The highest BCUT2D eigenvalue weighted by atomic mass is 16.7. The fraction of sp³-hybridized carbons (Fsp3) is 0.458. The van der Waals surface area contributed by atoms with E-state index in [-0.39, 0.29) is 18.8 Å². The zero-order valence-electron chi connectivity index (χ0n) is 18.0. The van der Waals surface area contributed by atoms with E-state index < -0.39 is 12.4 Å². The summed E-state index contributed by atoms with van der Waals surface area (Å²) in [5.41, 5.74) is 2.23. The van der Waals surface area contributed by atoms with Crippen molar-refractivity contribution in [1.29, 1.82) is 0 Å². The van der Waals surface area contributed by atoms with Crippen LogP contribution in [-0.4, -0.2) is 50.1 Å². The number of methoxy groups -OCH3 is 1. The molecule has 1 fully saturated rings. The Hall–Kier alpha value is -2.41. The average molecular weight is 413 g/mol. The summed E-state index contributed by atoms with van der Waals surface area (Å²) in [5.74, 6) is 0. The van der Waals surface area contributed by atoms with Gasteiger partial charge in [0, 0.05) is 19.7 Å². The van der Waals surface area contributed by atoms with Crippen molar-refractivity contribution in [2.24, 2.45) is 0 Å². The van der Waals surface area contributed by atoms with E-state index in [0.29, 0.717) is 6.04 Å². The van der Waals surface area contributed by atoms with Crippen LogP contribution in [0.2, 0.25) is 0 Å². The smallest absolute Gasteiger partial charge is 0.407 e. The summed E-state index contributed by atoms with van der Waals surface area (Å²) in [6, 6.07) is 20.1. The number of rotatable bonds is 8. The number of amides is 1. The van der Waals surface area contributed by atoms with Crippen molar-refractivity contribution >= 4 is 6.09 Å². The Morgan fingerprint density at radius 2 is 1.80 bits per heavy atom. The monoisotopic (exact) mass is 412 g/mol. The van der Waals surface area contributed by atoms with Gasteiger partial charge < -0.3 is 19.5 Å². The van der Waals surface area contributed by atoms with E-state index in [1.807, 2.05) is 36.4 Å². The Balaban J connectivity index is 1.46. The standard InChI is InChI=1S/C24H32N2O4/c1-18(20-12-8-5-9-13-20)26(2)16-21-14-15-22(23(28-3)30-21)25-24(27)29-17-19-10-6-4-7-11-19/h4-13,18,21-23H,14-17H2,1-3H3,(H,25,27)/t18-,21+,22-,23+/m0/s1. The largest absolute Gasteiger partial charge is 0.445 e. The first kappa shape index (κ1) is 22.3. The van der Waals surface area contributed by atoms with Crippen molar-refractivity contribution < 1.29 is 19.0 Å². The minimum atomic E-state index is -0.492. The molecule has 1 aliphatic rings. The van der Waals surface area contributed by atoms with Gasteiger partial charge in [-0.1, -0.05) is 60.7 Å². The van der Waals surface area contributed by atoms with Crippen LogP contribution >= 0.6 is 0 Å².